The van der Waals surface area contributed by atoms with E-state index in [4.69, 9.17) is 11.2 Å². The van der Waals surface area contributed by atoms with Crippen LogP contribution >= 0.6 is 15.9 Å². The molecule has 2 nitrogen and oxygen atoms in total. The molecule has 1 N–H and O–H groups in total. The lowest BCUT2D eigenvalue weighted by Gasteiger charge is -2.09. The molecule has 0 fully saturated rings. The van der Waals surface area contributed by atoms with Crippen molar-refractivity contribution in [3.05, 3.63) is 58.3 Å². The van der Waals surface area contributed by atoms with Crippen molar-refractivity contribution >= 4 is 21.6 Å². The average Bonchev–Trinajstić information content (AvgIpc) is 2.46. The van der Waals surface area contributed by atoms with Crippen LogP contribution in [0.25, 0.3) is 0 Å². The second-order valence-corrected chi connectivity index (χ2v) is 4.97. The molecule has 0 radical (unpaired) electrons. The van der Waals surface area contributed by atoms with Crippen molar-refractivity contribution in [3.8, 4) is 18.1 Å². The molecular weight excluding hydrogens is 321 g/mol. The highest BCUT2D eigenvalue weighted by Crippen LogP contribution is 2.26. The van der Waals surface area contributed by atoms with E-state index >= 15 is 0 Å². The number of rotatable bonds is 5. The topological polar surface area (TPSA) is 21.3 Å². The third-order valence-corrected chi connectivity index (χ3v) is 3.27. The molecule has 0 aliphatic heterocycles. The molecule has 2 rings (SSSR count). The minimum atomic E-state index is -0.242. The second-order valence-electron chi connectivity index (χ2n) is 4.12. The molecule has 0 saturated heterocycles. The highest BCUT2D eigenvalue weighted by molar-refractivity contribution is 9.10. The van der Waals surface area contributed by atoms with Crippen LogP contribution in [0.1, 0.15) is 5.56 Å². The van der Waals surface area contributed by atoms with Crippen LogP contribution in [0.2, 0.25) is 0 Å². The molecule has 0 heterocycles. The van der Waals surface area contributed by atoms with Gasteiger partial charge in [-0.2, -0.15) is 0 Å². The van der Waals surface area contributed by atoms with Crippen LogP contribution in [0.15, 0.2) is 46.9 Å². The zero-order chi connectivity index (χ0) is 14.4. The zero-order valence-corrected chi connectivity index (χ0v) is 12.3. The Balaban J connectivity index is 1.98. The van der Waals surface area contributed by atoms with E-state index in [2.05, 4.69) is 27.2 Å². The summed E-state index contributed by atoms with van der Waals surface area (Å²) < 4.78 is 19.0. The van der Waals surface area contributed by atoms with Gasteiger partial charge in [-0.3, -0.25) is 0 Å². The van der Waals surface area contributed by atoms with Crippen molar-refractivity contribution in [1.82, 2.24) is 0 Å². The molecule has 20 heavy (non-hydrogen) atoms. The average molecular weight is 334 g/mol. The third kappa shape index (κ3) is 4.01. The highest BCUT2D eigenvalue weighted by Gasteiger charge is 2.02. The van der Waals surface area contributed by atoms with Crippen LogP contribution in [-0.4, -0.2) is 6.61 Å². The Kier molecular flexibility index (Phi) is 5.03. The molecule has 0 amide bonds. The van der Waals surface area contributed by atoms with Crippen LogP contribution in [0.3, 0.4) is 0 Å². The van der Waals surface area contributed by atoms with Crippen molar-refractivity contribution in [2.45, 2.75) is 6.54 Å². The Hall–Kier alpha value is -1.99. The summed E-state index contributed by atoms with van der Waals surface area (Å²) in [5.41, 5.74) is 1.95. The number of halogens is 2. The highest BCUT2D eigenvalue weighted by atomic mass is 79.9. The summed E-state index contributed by atoms with van der Waals surface area (Å²) in [5.74, 6) is 2.90. The molecule has 0 spiro atoms. The Bertz CT molecular complexity index is 619. The first-order chi connectivity index (χ1) is 9.69. The van der Waals surface area contributed by atoms with Gasteiger partial charge in [0.25, 0.3) is 0 Å². The van der Waals surface area contributed by atoms with E-state index in [0.29, 0.717) is 12.3 Å². The van der Waals surface area contributed by atoms with Gasteiger partial charge < -0.3 is 10.1 Å². The lowest BCUT2D eigenvalue weighted by atomic mass is 10.2. The molecule has 0 aliphatic rings. The van der Waals surface area contributed by atoms with Gasteiger partial charge in [0.05, 0.1) is 4.47 Å². The van der Waals surface area contributed by atoms with Gasteiger partial charge in [0.1, 0.15) is 18.2 Å². The minimum absolute atomic E-state index is 0.242. The first-order valence-electron chi connectivity index (χ1n) is 6.03. The minimum Gasteiger partial charge on any atom is -0.480 e. The van der Waals surface area contributed by atoms with Gasteiger partial charge in [0, 0.05) is 12.2 Å². The predicted molar refractivity (Wildman–Crippen MR) is 82.2 cm³/mol. The maximum atomic E-state index is 12.8. The fourth-order valence-electron chi connectivity index (χ4n) is 1.66. The van der Waals surface area contributed by atoms with E-state index in [1.165, 1.54) is 12.1 Å². The van der Waals surface area contributed by atoms with Gasteiger partial charge in [0.15, 0.2) is 0 Å². The molecule has 0 aliphatic carbocycles. The van der Waals surface area contributed by atoms with Crippen molar-refractivity contribution in [2.24, 2.45) is 0 Å². The van der Waals surface area contributed by atoms with Gasteiger partial charge in [-0.05, 0) is 57.9 Å². The largest absolute Gasteiger partial charge is 0.480 e. The number of ether oxygens (including phenoxy) is 1. The molecule has 2 aromatic carbocycles. The van der Waals surface area contributed by atoms with Gasteiger partial charge in [-0.25, -0.2) is 4.39 Å². The van der Waals surface area contributed by atoms with Gasteiger partial charge in [-0.1, -0.05) is 12.0 Å². The molecule has 4 heteroatoms. The van der Waals surface area contributed by atoms with E-state index < -0.39 is 0 Å². The molecule has 2 aromatic rings. The van der Waals surface area contributed by atoms with E-state index in [9.17, 15) is 4.39 Å². The summed E-state index contributed by atoms with van der Waals surface area (Å²) in [7, 11) is 0. The lowest BCUT2D eigenvalue weighted by Crippen LogP contribution is -2.00. The number of hydrogen-bond donors (Lipinski definition) is 1. The molecule has 0 aromatic heterocycles. The monoisotopic (exact) mass is 333 g/mol. The number of benzene rings is 2. The molecule has 0 bridgehead atoms. The van der Waals surface area contributed by atoms with E-state index in [-0.39, 0.29) is 12.4 Å². The van der Waals surface area contributed by atoms with Gasteiger partial charge in [0.2, 0.25) is 0 Å². The van der Waals surface area contributed by atoms with Crippen LogP contribution in [-0.2, 0) is 6.54 Å². The van der Waals surface area contributed by atoms with Crippen LogP contribution in [0.4, 0.5) is 10.1 Å². The first-order valence-corrected chi connectivity index (χ1v) is 6.82. The third-order valence-electron chi connectivity index (χ3n) is 2.65. The number of nitrogens with one attached hydrogen (secondary N) is 1. The summed E-state index contributed by atoms with van der Waals surface area (Å²) in [6.45, 7) is 0.880. The molecule has 0 atom stereocenters. The Morgan fingerprint density at radius 3 is 2.60 bits per heavy atom. The number of hydrogen-bond acceptors (Lipinski definition) is 2. The van der Waals surface area contributed by atoms with Gasteiger partial charge in [-0.15, -0.1) is 6.42 Å². The smallest absolute Gasteiger partial charge is 0.148 e. The fourth-order valence-corrected chi connectivity index (χ4v) is 2.20. The summed E-state index contributed by atoms with van der Waals surface area (Å²) in [5, 5.41) is 3.22. The molecule has 0 unspecified atom stereocenters. The van der Waals surface area contributed by atoms with Crippen LogP contribution < -0.4 is 10.1 Å². The van der Waals surface area contributed by atoms with Crippen molar-refractivity contribution < 1.29 is 9.13 Å². The summed E-state index contributed by atoms with van der Waals surface area (Å²) >= 11 is 3.44. The number of terminal acetylenes is 1. The maximum Gasteiger partial charge on any atom is 0.148 e. The zero-order valence-electron chi connectivity index (χ0n) is 10.7. The normalized spacial score (nSPS) is 9.85. The lowest BCUT2D eigenvalue weighted by molar-refractivity contribution is 0.368. The van der Waals surface area contributed by atoms with E-state index in [1.54, 1.807) is 12.1 Å². The summed E-state index contributed by atoms with van der Waals surface area (Å²) in [4.78, 5) is 0. The van der Waals surface area contributed by atoms with Gasteiger partial charge >= 0.3 is 0 Å². The Morgan fingerprint density at radius 2 is 1.95 bits per heavy atom. The summed E-state index contributed by atoms with van der Waals surface area (Å²) in [6.07, 6.45) is 5.15. The fraction of sp³-hybridized carbons (Fsp3) is 0.125. The quantitative estimate of drug-likeness (QED) is 0.827. The van der Waals surface area contributed by atoms with Crippen molar-refractivity contribution in [2.75, 3.05) is 11.9 Å². The van der Waals surface area contributed by atoms with Crippen molar-refractivity contribution in [3.63, 3.8) is 0 Å². The van der Waals surface area contributed by atoms with Crippen LogP contribution in [0.5, 0.6) is 5.75 Å². The number of anilines is 1. The van der Waals surface area contributed by atoms with Crippen molar-refractivity contribution in [1.29, 1.82) is 0 Å². The molecule has 102 valence electrons. The predicted octanol–water partition coefficient (Wildman–Crippen LogP) is 4.21. The van der Waals surface area contributed by atoms with E-state index in [0.717, 1.165) is 15.7 Å². The maximum absolute atomic E-state index is 12.8. The summed E-state index contributed by atoms with van der Waals surface area (Å²) in [6, 6.07) is 12.0. The molecule has 0 saturated carbocycles. The second kappa shape index (κ2) is 6.97. The molecular formula is C16H13BrFNO. The van der Waals surface area contributed by atoms with Crippen LogP contribution in [0, 0.1) is 18.2 Å². The Labute approximate surface area is 126 Å². The standard InChI is InChI=1S/C16H13BrFNO/c1-2-9-20-16-8-3-12(10-15(16)17)11-19-14-6-4-13(18)5-7-14/h1,3-8,10,19H,9,11H2. The van der Waals surface area contributed by atoms with E-state index in [1.807, 2.05) is 18.2 Å². The SMILES string of the molecule is C#CCOc1ccc(CNc2ccc(F)cc2)cc1Br. The first kappa shape index (κ1) is 14.4. The Morgan fingerprint density at radius 1 is 1.20 bits per heavy atom.